The van der Waals surface area contributed by atoms with Crippen molar-refractivity contribution < 1.29 is 9.90 Å². The van der Waals surface area contributed by atoms with Gasteiger partial charge in [-0.1, -0.05) is 29.8 Å². The lowest BCUT2D eigenvalue weighted by molar-refractivity contribution is 0.262. The Kier molecular flexibility index (Phi) is 5.37. The number of urea groups is 1. The van der Waals surface area contributed by atoms with Crippen LogP contribution in [0.4, 0.5) is 16.2 Å². The molecule has 3 N–H and O–H groups in total. The summed E-state index contributed by atoms with van der Waals surface area (Å²) in [6, 6.07) is 13.4. The van der Waals surface area contributed by atoms with Gasteiger partial charge in [0, 0.05) is 18.0 Å². The number of nitriles is 1. The van der Waals surface area contributed by atoms with Crippen LogP contribution < -0.4 is 10.6 Å². The second-order valence-corrected chi connectivity index (χ2v) is 4.92. The minimum Gasteiger partial charge on any atom is -0.396 e. The molecule has 2 aromatic carbocycles. The molecule has 0 saturated carbocycles. The highest BCUT2D eigenvalue weighted by Crippen LogP contribution is 2.21. The van der Waals surface area contributed by atoms with E-state index in [1.54, 1.807) is 18.2 Å². The number of nitrogens with zero attached hydrogens (tertiary/aromatic N) is 1. The van der Waals surface area contributed by atoms with Gasteiger partial charge in [0.05, 0.1) is 10.6 Å². The summed E-state index contributed by atoms with van der Waals surface area (Å²) in [5.74, 6) is 0. The maximum absolute atomic E-state index is 12.0. The minimum absolute atomic E-state index is 0.00550. The van der Waals surface area contributed by atoms with Crippen LogP contribution in [0.5, 0.6) is 0 Å². The number of hydrogen-bond donors (Lipinski definition) is 3. The van der Waals surface area contributed by atoms with Gasteiger partial charge in [-0.05, 0) is 36.2 Å². The van der Waals surface area contributed by atoms with Gasteiger partial charge >= 0.3 is 6.03 Å². The largest absolute Gasteiger partial charge is 0.396 e. The lowest BCUT2D eigenvalue weighted by Gasteiger charge is -2.11. The van der Waals surface area contributed by atoms with E-state index < -0.39 is 6.03 Å². The number of amides is 2. The first-order valence-electron chi connectivity index (χ1n) is 6.60. The molecule has 0 unspecified atom stereocenters. The monoisotopic (exact) mass is 315 g/mol. The van der Waals surface area contributed by atoms with Crippen molar-refractivity contribution in [1.82, 2.24) is 0 Å². The van der Waals surface area contributed by atoms with Crippen LogP contribution in [0.3, 0.4) is 0 Å². The molecule has 5 nitrogen and oxygen atoms in total. The van der Waals surface area contributed by atoms with Crippen molar-refractivity contribution >= 4 is 29.0 Å². The molecule has 0 radical (unpaired) electrons. The van der Waals surface area contributed by atoms with Gasteiger partial charge in [0.15, 0.2) is 0 Å². The number of halogens is 1. The Bertz CT molecular complexity index is 726. The number of rotatable bonds is 4. The van der Waals surface area contributed by atoms with E-state index in [0.717, 1.165) is 5.56 Å². The fourth-order valence-electron chi connectivity index (χ4n) is 1.95. The number of aliphatic hydroxyl groups excluding tert-OH is 1. The zero-order valence-electron chi connectivity index (χ0n) is 11.6. The summed E-state index contributed by atoms with van der Waals surface area (Å²) < 4.78 is 0. The lowest BCUT2D eigenvalue weighted by Crippen LogP contribution is -2.20. The Labute approximate surface area is 133 Å². The van der Waals surface area contributed by atoms with Crippen molar-refractivity contribution in [3.63, 3.8) is 0 Å². The summed E-state index contributed by atoms with van der Waals surface area (Å²) in [5, 5.41) is 23.5. The number of hydrogen-bond acceptors (Lipinski definition) is 3. The fourth-order valence-corrected chi connectivity index (χ4v) is 2.17. The highest BCUT2D eigenvalue weighted by molar-refractivity contribution is 6.32. The molecule has 2 amide bonds. The molecule has 0 fully saturated rings. The van der Waals surface area contributed by atoms with Crippen LogP contribution in [0.1, 0.15) is 11.1 Å². The molecule has 0 aromatic heterocycles. The van der Waals surface area contributed by atoms with E-state index >= 15 is 0 Å². The van der Waals surface area contributed by atoms with E-state index in [0.29, 0.717) is 23.4 Å². The van der Waals surface area contributed by atoms with Gasteiger partial charge in [0.25, 0.3) is 0 Å². The molecular formula is C16H14ClN3O2. The first-order chi connectivity index (χ1) is 10.6. The van der Waals surface area contributed by atoms with E-state index in [-0.39, 0.29) is 11.6 Å². The van der Waals surface area contributed by atoms with Crippen LogP contribution >= 0.6 is 11.6 Å². The highest BCUT2D eigenvalue weighted by atomic mass is 35.5. The Hall–Kier alpha value is -2.55. The van der Waals surface area contributed by atoms with Crippen LogP contribution in [0.2, 0.25) is 5.02 Å². The molecule has 0 atom stereocenters. The molecule has 0 aliphatic carbocycles. The van der Waals surface area contributed by atoms with Crippen LogP contribution in [0, 0.1) is 11.3 Å². The predicted octanol–water partition coefficient (Wildman–Crippen LogP) is 3.39. The van der Waals surface area contributed by atoms with Crippen molar-refractivity contribution in [2.24, 2.45) is 0 Å². The van der Waals surface area contributed by atoms with E-state index in [4.69, 9.17) is 22.0 Å². The molecule has 0 aliphatic heterocycles. The highest BCUT2D eigenvalue weighted by Gasteiger charge is 2.08. The Morgan fingerprint density at radius 1 is 1.23 bits per heavy atom. The van der Waals surface area contributed by atoms with E-state index in [9.17, 15) is 4.79 Å². The molecule has 0 spiro atoms. The zero-order chi connectivity index (χ0) is 15.9. The van der Waals surface area contributed by atoms with Gasteiger partial charge in [-0.2, -0.15) is 5.26 Å². The predicted molar refractivity (Wildman–Crippen MR) is 86.0 cm³/mol. The number of carbonyl (C=O) groups excluding carboxylic acids is 1. The second kappa shape index (κ2) is 7.46. The first-order valence-corrected chi connectivity index (χ1v) is 6.98. The molecule has 0 saturated heterocycles. The van der Waals surface area contributed by atoms with Crippen LogP contribution in [-0.4, -0.2) is 17.7 Å². The van der Waals surface area contributed by atoms with E-state index in [2.05, 4.69) is 10.6 Å². The molecule has 0 aliphatic rings. The average Bonchev–Trinajstić information content (AvgIpc) is 2.49. The summed E-state index contributed by atoms with van der Waals surface area (Å²) >= 11 is 5.92. The Morgan fingerprint density at radius 2 is 2.00 bits per heavy atom. The molecule has 0 heterocycles. The number of anilines is 2. The van der Waals surface area contributed by atoms with E-state index in [1.165, 1.54) is 12.1 Å². The maximum Gasteiger partial charge on any atom is 0.323 e. The second-order valence-electron chi connectivity index (χ2n) is 4.52. The molecule has 6 heteroatoms. The van der Waals surface area contributed by atoms with Crippen molar-refractivity contribution in [2.75, 3.05) is 17.2 Å². The summed E-state index contributed by atoms with van der Waals surface area (Å²) in [4.78, 5) is 12.0. The SMILES string of the molecule is N#Cc1ccc(NC(=O)Nc2ccccc2CCO)cc1Cl. The number of para-hydroxylation sites is 1. The van der Waals surface area contributed by atoms with Crippen molar-refractivity contribution in [3.05, 3.63) is 58.6 Å². The van der Waals surface area contributed by atoms with Crippen LogP contribution in [-0.2, 0) is 6.42 Å². The van der Waals surface area contributed by atoms with Gasteiger partial charge in [0.1, 0.15) is 6.07 Å². The van der Waals surface area contributed by atoms with Gasteiger partial charge < -0.3 is 15.7 Å². The summed E-state index contributed by atoms with van der Waals surface area (Å²) in [6.45, 7) is 0.00550. The normalized spacial score (nSPS) is 9.86. The molecular weight excluding hydrogens is 302 g/mol. The van der Waals surface area contributed by atoms with Crippen molar-refractivity contribution in [2.45, 2.75) is 6.42 Å². The summed E-state index contributed by atoms with van der Waals surface area (Å²) in [7, 11) is 0. The molecule has 112 valence electrons. The number of nitrogens with one attached hydrogen (secondary N) is 2. The third-order valence-electron chi connectivity index (χ3n) is 2.99. The smallest absolute Gasteiger partial charge is 0.323 e. The minimum atomic E-state index is -0.425. The topological polar surface area (TPSA) is 85.2 Å². The Morgan fingerprint density at radius 3 is 2.68 bits per heavy atom. The molecule has 22 heavy (non-hydrogen) atoms. The third-order valence-corrected chi connectivity index (χ3v) is 3.31. The molecule has 2 rings (SSSR count). The van der Waals surface area contributed by atoms with Crippen molar-refractivity contribution in [1.29, 1.82) is 5.26 Å². The summed E-state index contributed by atoms with van der Waals surface area (Å²) in [5.41, 5.74) is 2.31. The number of carbonyl (C=O) groups is 1. The van der Waals surface area contributed by atoms with Crippen LogP contribution in [0.25, 0.3) is 0 Å². The maximum atomic E-state index is 12.0. The lowest BCUT2D eigenvalue weighted by atomic mass is 10.1. The summed E-state index contributed by atoms with van der Waals surface area (Å²) in [6.07, 6.45) is 0.457. The zero-order valence-corrected chi connectivity index (χ0v) is 12.4. The fraction of sp³-hybridized carbons (Fsp3) is 0.125. The van der Waals surface area contributed by atoms with E-state index in [1.807, 2.05) is 18.2 Å². The first kappa shape index (κ1) is 15.8. The molecule has 2 aromatic rings. The van der Waals surface area contributed by atoms with Gasteiger partial charge in [-0.15, -0.1) is 0 Å². The number of benzene rings is 2. The standard InChI is InChI=1S/C16H14ClN3O2/c17-14-9-13(6-5-12(14)10-18)19-16(22)20-15-4-2-1-3-11(15)7-8-21/h1-6,9,21H,7-8H2,(H2,19,20,22). The third kappa shape index (κ3) is 3.98. The average molecular weight is 316 g/mol. The Balaban J connectivity index is 2.08. The van der Waals surface area contributed by atoms with Gasteiger partial charge in [-0.25, -0.2) is 4.79 Å². The molecule has 0 bridgehead atoms. The number of aliphatic hydroxyl groups is 1. The van der Waals surface area contributed by atoms with Gasteiger partial charge in [-0.3, -0.25) is 0 Å². The van der Waals surface area contributed by atoms with Crippen LogP contribution in [0.15, 0.2) is 42.5 Å². The van der Waals surface area contributed by atoms with Gasteiger partial charge in [0.2, 0.25) is 0 Å². The quantitative estimate of drug-likeness (QED) is 0.808. The van der Waals surface area contributed by atoms with Crippen molar-refractivity contribution in [3.8, 4) is 6.07 Å².